The van der Waals surface area contributed by atoms with E-state index in [0.717, 1.165) is 5.69 Å². The van der Waals surface area contributed by atoms with Crippen LogP contribution in [-0.4, -0.2) is 69.0 Å². The highest BCUT2D eigenvalue weighted by Crippen LogP contribution is 2.34. The summed E-state index contributed by atoms with van der Waals surface area (Å²) in [5.74, 6) is 0.144. The van der Waals surface area contributed by atoms with E-state index in [0.29, 0.717) is 17.9 Å². The van der Waals surface area contributed by atoms with Gasteiger partial charge in [0, 0.05) is 32.7 Å². The minimum absolute atomic E-state index is 0.0304. The van der Waals surface area contributed by atoms with E-state index in [9.17, 15) is 14.4 Å². The number of likely N-dealkylation sites (N-methyl/N-ethyl adjacent to an activating group) is 1. The van der Waals surface area contributed by atoms with Crippen LogP contribution < -0.4 is 20.3 Å². The van der Waals surface area contributed by atoms with E-state index in [2.05, 4.69) is 10.6 Å². The minimum atomic E-state index is -0.224. The first-order valence-electron chi connectivity index (χ1n) is 8.96. The zero-order chi connectivity index (χ0) is 20.1. The van der Waals surface area contributed by atoms with E-state index in [1.807, 2.05) is 25.8 Å². The zero-order valence-electron chi connectivity index (χ0n) is 16.5. The minimum Gasteiger partial charge on any atom is -0.489 e. The summed E-state index contributed by atoms with van der Waals surface area (Å²) in [7, 11) is 5.27. The Morgan fingerprint density at radius 2 is 1.96 bits per heavy atom. The maximum Gasteiger partial charge on any atom is 0.253 e. The molecule has 0 spiro atoms. The molecular formula is C19H28N4O4. The lowest BCUT2D eigenvalue weighted by Gasteiger charge is -2.35. The molecule has 0 bridgehead atoms. The molecule has 3 amide bonds. The first-order chi connectivity index (χ1) is 12.7. The number of nitrogens with one attached hydrogen (secondary N) is 2. The molecule has 1 aliphatic heterocycles. The normalized spacial score (nSPS) is 15.6. The Morgan fingerprint density at radius 3 is 2.59 bits per heavy atom. The van der Waals surface area contributed by atoms with Crippen LogP contribution >= 0.6 is 0 Å². The van der Waals surface area contributed by atoms with Gasteiger partial charge in [0.05, 0.1) is 24.7 Å². The quantitative estimate of drug-likeness (QED) is 0.759. The Kier molecular flexibility index (Phi) is 6.65. The molecule has 1 aliphatic rings. The summed E-state index contributed by atoms with van der Waals surface area (Å²) in [5, 5.41) is 5.35. The van der Waals surface area contributed by atoms with Gasteiger partial charge >= 0.3 is 0 Å². The van der Waals surface area contributed by atoms with E-state index in [-0.39, 0.29) is 42.8 Å². The number of carbonyl (C=O) groups excluding carboxylic acids is 3. The molecule has 8 heteroatoms. The second kappa shape index (κ2) is 8.75. The van der Waals surface area contributed by atoms with Crippen molar-refractivity contribution in [2.24, 2.45) is 0 Å². The molecule has 148 valence electrons. The molecule has 2 N–H and O–H groups in total. The number of hydrogen-bond donors (Lipinski definition) is 2. The molecule has 1 atom stereocenters. The number of carbonyl (C=O) groups is 3. The van der Waals surface area contributed by atoms with Gasteiger partial charge in [-0.25, -0.2) is 0 Å². The number of benzene rings is 1. The van der Waals surface area contributed by atoms with Crippen molar-refractivity contribution in [1.29, 1.82) is 0 Å². The van der Waals surface area contributed by atoms with E-state index in [1.165, 1.54) is 4.90 Å². The molecule has 27 heavy (non-hydrogen) atoms. The monoisotopic (exact) mass is 376 g/mol. The maximum atomic E-state index is 12.2. The number of rotatable bonds is 6. The first-order valence-corrected chi connectivity index (χ1v) is 8.96. The van der Waals surface area contributed by atoms with Gasteiger partial charge in [0.25, 0.3) is 5.91 Å². The SMILES string of the molecule is CC(C)NC(=O)CNC(=O)C[C@@H]1COc2ccc(C(=O)N(C)C)cc2N1C. The zero-order valence-corrected chi connectivity index (χ0v) is 16.5. The van der Waals surface area contributed by atoms with Crippen LogP contribution in [0.3, 0.4) is 0 Å². The highest BCUT2D eigenvalue weighted by molar-refractivity contribution is 5.95. The van der Waals surface area contributed by atoms with Gasteiger partial charge in [0.1, 0.15) is 12.4 Å². The van der Waals surface area contributed by atoms with Crippen molar-refractivity contribution in [2.45, 2.75) is 32.4 Å². The van der Waals surface area contributed by atoms with Crippen molar-refractivity contribution >= 4 is 23.4 Å². The fourth-order valence-corrected chi connectivity index (χ4v) is 2.83. The average molecular weight is 376 g/mol. The standard InChI is InChI=1S/C19H28N4O4/c1-12(2)21-18(25)10-20-17(24)9-14-11-27-16-7-6-13(19(26)22(3)4)8-15(16)23(14)5/h6-8,12,14H,9-11H2,1-5H3,(H,20,24)(H,21,25)/t14-/m1/s1. The third-order valence-corrected chi connectivity index (χ3v) is 4.29. The largest absolute Gasteiger partial charge is 0.489 e. The Labute approximate surface area is 159 Å². The summed E-state index contributed by atoms with van der Waals surface area (Å²) in [4.78, 5) is 39.5. The number of hydrogen-bond acceptors (Lipinski definition) is 5. The van der Waals surface area contributed by atoms with E-state index in [4.69, 9.17) is 4.74 Å². The number of fused-ring (bicyclic) bond motifs is 1. The second-order valence-corrected chi connectivity index (χ2v) is 7.16. The lowest BCUT2D eigenvalue weighted by Crippen LogP contribution is -2.45. The van der Waals surface area contributed by atoms with Crippen molar-refractivity contribution in [2.75, 3.05) is 39.2 Å². The van der Waals surface area contributed by atoms with Crippen molar-refractivity contribution < 1.29 is 19.1 Å². The molecule has 0 unspecified atom stereocenters. The summed E-state index contributed by atoms with van der Waals surface area (Å²) >= 11 is 0. The topological polar surface area (TPSA) is 91.0 Å². The summed E-state index contributed by atoms with van der Waals surface area (Å²) < 4.78 is 5.75. The third kappa shape index (κ3) is 5.35. The highest BCUT2D eigenvalue weighted by Gasteiger charge is 2.28. The molecular weight excluding hydrogens is 348 g/mol. The Morgan fingerprint density at radius 1 is 1.26 bits per heavy atom. The lowest BCUT2D eigenvalue weighted by atomic mass is 10.1. The predicted molar refractivity (Wildman–Crippen MR) is 103 cm³/mol. The predicted octanol–water partition coefficient (Wildman–Crippen LogP) is 0.617. The van der Waals surface area contributed by atoms with Gasteiger partial charge in [-0.2, -0.15) is 0 Å². The highest BCUT2D eigenvalue weighted by atomic mass is 16.5. The van der Waals surface area contributed by atoms with Gasteiger partial charge in [0.15, 0.2) is 0 Å². The van der Waals surface area contributed by atoms with Crippen LogP contribution in [0.5, 0.6) is 5.75 Å². The van der Waals surface area contributed by atoms with Crippen LogP contribution in [0.15, 0.2) is 18.2 Å². The summed E-state index contributed by atoms with van der Waals surface area (Å²) in [6.07, 6.45) is 0.191. The van der Waals surface area contributed by atoms with Crippen LogP contribution in [0.4, 0.5) is 5.69 Å². The molecule has 1 aromatic carbocycles. The molecule has 0 saturated carbocycles. The van der Waals surface area contributed by atoms with E-state index >= 15 is 0 Å². The van der Waals surface area contributed by atoms with Crippen LogP contribution in [-0.2, 0) is 9.59 Å². The lowest BCUT2D eigenvalue weighted by molar-refractivity contribution is -0.126. The molecule has 2 rings (SSSR count). The molecule has 1 heterocycles. The van der Waals surface area contributed by atoms with Crippen molar-refractivity contribution in [3.8, 4) is 5.75 Å². The van der Waals surface area contributed by atoms with Crippen LogP contribution in [0, 0.1) is 0 Å². The summed E-state index contributed by atoms with van der Waals surface area (Å²) in [6, 6.07) is 5.13. The number of amides is 3. The fourth-order valence-electron chi connectivity index (χ4n) is 2.83. The maximum absolute atomic E-state index is 12.2. The number of anilines is 1. The van der Waals surface area contributed by atoms with Crippen molar-refractivity contribution in [3.05, 3.63) is 23.8 Å². The molecule has 1 aromatic rings. The number of ether oxygens (including phenoxy) is 1. The average Bonchev–Trinajstić information content (AvgIpc) is 2.61. The van der Waals surface area contributed by atoms with E-state index < -0.39 is 0 Å². The van der Waals surface area contributed by atoms with Gasteiger partial charge in [0.2, 0.25) is 11.8 Å². The second-order valence-electron chi connectivity index (χ2n) is 7.16. The Bertz CT molecular complexity index is 718. The molecule has 0 radical (unpaired) electrons. The summed E-state index contributed by atoms with van der Waals surface area (Å²) in [5.41, 5.74) is 1.33. The van der Waals surface area contributed by atoms with Crippen LogP contribution in [0.1, 0.15) is 30.6 Å². The molecule has 0 saturated heterocycles. The first kappa shape index (κ1) is 20.5. The van der Waals surface area contributed by atoms with Gasteiger partial charge in [-0.15, -0.1) is 0 Å². The van der Waals surface area contributed by atoms with Gasteiger partial charge in [-0.05, 0) is 32.0 Å². The fraction of sp³-hybridized carbons (Fsp3) is 0.526. The van der Waals surface area contributed by atoms with Crippen LogP contribution in [0.2, 0.25) is 0 Å². The summed E-state index contributed by atoms with van der Waals surface area (Å²) in [6.45, 7) is 4.03. The van der Waals surface area contributed by atoms with Gasteiger partial charge < -0.3 is 25.2 Å². The smallest absolute Gasteiger partial charge is 0.253 e. The van der Waals surface area contributed by atoms with Crippen molar-refractivity contribution in [3.63, 3.8) is 0 Å². The van der Waals surface area contributed by atoms with Gasteiger partial charge in [-0.1, -0.05) is 0 Å². The Balaban J connectivity index is 2.00. The molecule has 0 fully saturated rings. The molecule has 8 nitrogen and oxygen atoms in total. The van der Waals surface area contributed by atoms with Crippen LogP contribution in [0.25, 0.3) is 0 Å². The third-order valence-electron chi connectivity index (χ3n) is 4.29. The molecule has 0 aliphatic carbocycles. The van der Waals surface area contributed by atoms with Crippen molar-refractivity contribution in [1.82, 2.24) is 15.5 Å². The number of nitrogens with zero attached hydrogens (tertiary/aromatic N) is 2. The molecule has 0 aromatic heterocycles. The Hall–Kier alpha value is -2.77. The van der Waals surface area contributed by atoms with E-state index in [1.54, 1.807) is 32.3 Å². The van der Waals surface area contributed by atoms with Gasteiger partial charge in [-0.3, -0.25) is 14.4 Å².